The van der Waals surface area contributed by atoms with Gasteiger partial charge in [0, 0.05) is 0 Å². The molecule has 0 aromatic heterocycles. The minimum atomic E-state index is -0.420. The van der Waals surface area contributed by atoms with E-state index in [1.54, 1.807) is 0 Å². The van der Waals surface area contributed by atoms with Crippen molar-refractivity contribution in [3.8, 4) is 0 Å². The Morgan fingerprint density at radius 2 is 1.77 bits per heavy atom. The molecule has 13 heavy (non-hydrogen) atoms. The van der Waals surface area contributed by atoms with Crippen molar-refractivity contribution in [3.63, 3.8) is 0 Å². The molecule has 0 spiro atoms. The van der Waals surface area contributed by atoms with Crippen molar-refractivity contribution >= 4 is 22.6 Å². The van der Waals surface area contributed by atoms with Gasteiger partial charge in [-0.25, -0.2) is 0 Å². The lowest BCUT2D eigenvalue weighted by atomic mass is 10.1. The van der Waals surface area contributed by atoms with Gasteiger partial charge in [-0.05, 0) is 19.7 Å². The monoisotopic (exact) mass is 291 g/mol. The number of benzene rings is 1. The molecule has 0 unspecified atom stereocenters. The Hall–Kier alpha value is -0.130. The average molecular weight is 291 g/mol. The molecule has 0 amide bonds. The third kappa shape index (κ3) is 2.93. The fraction of sp³-hybridized carbons (Fsp3) is 0.400. The van der Waals surface area contributed by atoms with Crippen LogP contribution in [0.1, 0.15) is 11.7 Å². The van der Waals surface area contributed by atoms with Crippen LogP contribution in [-0.2, 0) is 0 Å². The zero-order chi connectivity index (χ0) is 9.84. The lowest BCUT2D eigenvalue weighted by Crippen LogP contribution is -2.28. The molecule has 0 aliphatic heterocycles. The normalized spacial score (nSPS) is 15.8. The van der Waals surface area contributed by atoms with E-state index < -0.39 is 6.10 Å². The van der Waals surface area contributed by atoms with E-state index in [0.717, 1.165) is 5.56 Å². The summed E-state index contributed by atoms with van der Waals surface area (Å²) in [6, 6.07) is 9.73. The molecule has 3 heteroatoms. The van der Waals surface area contributed by atoms with Crippen molar-refractivity contribution in [1.82, 2.24) is 4.90 Å². The van der Waals surface area contributed by atoms with E-state index in [0.29, 0.717) is 0 Å². The van der Waals surface area contributed by atoms with E-state index >= 15 is 0 Å². The van der Waals surface area contributed by atoms with Crippen molar-refractivity contribution in [2.75, 3.05) is 14.1 Å². The summed E-state index contributed by atoms with van der Waals surface area (Å²) in [6.45, 7) is 0. The largest absolute Gasteiger partial charge is 0.386 e. The van der Waals surface area contributed by atoms with Gasteiger partial charge in [-0.2, -0.15) is 0 Å². The van der Waals surface area contributed by atoms with E-state index in [-0.39, 0.29) is 4.05 Å². The predicted octanol–water partition coefficient (Wildman–Crippen LogP) is 2.04. The number of aliphatic hydroxyl groups excluding tert-OH is 1. The standard InChI is InChI=1S/C10H14INO/c1-12(2)10(11)9(13)8-6-4-3-5-7-8/h3-7,9-10,13H,1-2H3/t9-,10-/m0/s1. The van der Waals surface area contributed by atoms with Crippen molar-refractivity contribution in [3.05, 3.63) is 35.9 Å². The second-order valence-corrected chi connectivity index (χ2v) is 4.47. The highest BCUT2D eigenvalue weighted by atomic mass is 127. The van der Waals surface area contributed by atoms with Gasteiger partial charge in [-0.1, -0.05) is 52.9 Å². The minimum Gasteiger partial charge on any atom is -0.386 e. The first-order chi connectivity index (χ1) is 6.13. The summed E-state index contributed by atoms with van der Waals surface area (Å²) in [6.07, 6.45) is -0.420. The first-order valence-corrected chi connectivity index (χ1v) is 5.41. The second-order valence-electron chi connectivity index (χ2n) is 3.19. The highest BCUT2D eigenvalue weighted by Gasteiger charge is 2.18. The fourth-order valence-corrected chi connectivity index (χ4v) is 1.51. The molecule has 0 fully saturated rings. The molecule has 1 rings (SSSR count). The van der Waals surface area contributed by atoms with Crippen LogP contribution in [0.15, 0.2) is 30.3 Å². The van der Waals surface area contributed by atoms with Crippen LogP contribution in [0, 0.1) is 0 Å². The molecule has 0 saturated carbocycles. The van der Waals surface area contributed by atoms with Gasteiger partial charge in [0.1, 0.15) is 6.10 Å². The SMILES string of the molecule is CN(C)[C@H](I)[C@@H](O)c1ccccc1. The van der Waals surface area contributed by atoms with Crippen LogP contribution in [0.2, 0.25) is 0 Å². The highest BCUT2D eigenvalue weighted by Crippen LogP contribution is 2.23. The molecular formula is C10H14INO. The highest BCUT2D eigenvalue weighted by molar-refractivity contribution is 14.1. The number of hydrogen-bond acceptors (Lipinski definition) is 2. The molecule has 2 nitrogen and oxygen atoms in total. The number of halogens is 1. The molecule has 0 aliphatic rings. The molecule has 1 aromatic carbocycles. The van der Waals surface area contributed by atoms with Crippen LogP contribution in [0.3, 0.4) is 0 Å². The Balaban J connectivity index is 2.73. The number of nitrogens with zero attached hydrogens (tertiary/aromatic N) is 1. The average Bonchev–Trinajstić information content (AvgIpc) is 2.17. The molecule has 0 aliphatic carbocycles. The molecule has 1 aromatic rings. The van der Waals surface area contributed by atoms with E-state index in [2.05, 4.69) is 22.6 Å². The molecule has 0 saturated heterocycles. The molecule has 2 atom stereocenters. The van der Waals surface area contributed by atoms with Crippen molar-refractivity contribution in [2.45, 2.75) is 10.2 Å². The molecule has 0 bridgehead atoms. The molecular weight excluding hydrogens is 277 g/mol. The zero-order valence-corrected chi connectivity index (χ0v) is 9.97. The summed E-state index contributed by atoms with van der Waals surface area (Å²) in [5.74, 6) is 0. The van der Waals surface area contributed by atoms with Crippen LogP contribution in [0.5, 0.6) is 0 Å². The van der Waals surface area contributed by atoms with Crippen LogP contribution >= 0.6 is 22.6 Å². The maximum Gasteiger partial charge on any atom is 0.104 e. The van der Waals surface area contributed by atoms with Gasteiger partial charge in [0.2, 0.25) is 0 Å². The van der Waals surface area contributed by atoms with Crippen LogP contribution in [0.25, 0.3) is 0 Å². The summed E-state index contributed by atoms with van der Waals surface area (Å²) in [5.41, 5.74) is 0.968. The summed E-state index contributed by atoms with van der Waals surface area (Å²) in [5, 5.41) is 9.91. The number of likely N-dealkylation sites (N-methyl/N-ethyl adjacent to an activating group) is 1. The third-order valence-corrected chi connectivity index (χ3v) is 3.69. The zero-order valence-electron chi connectivity index (χ0n) is 7.81. The number of hydrogen-bond donors (Lipinski definition) is 1. The predicted molar refractivity (Wildman–Crippen MR) is 62.9 cm³/mol. The van der Waals surface area contributed by atoms with E-state index in [1.807, 2.05) is 49.3 Å². The van der Waals surface area contributed by atoms with Crippen LogP contribution in [-0.4, -0.2) is 28.2 Å². The van der Waals surface area contributed by atoms with Gasteiger partial charge < -0.3 is 5.11 Å². The fourth-order valence-electron chi connectivity index (χ4n) is 1.09. The topological polar surface area (TPSA) is 23.5 Å². The summed E-state index contributed by atoms with van der Waals surface area (Å²) in [7, 11) is 3.92. The second kappa shape index (κ2) is 4.93. The summed E-state index contributed by atoms with van der Waals surface area (Å²) in [4.78, 5) is 2.00. The Labute approximate surface area is 92.7 Å². The van der Waals surface area contributed by atoms with Gasteiger partial charge in [-0.3, -0.25) is 4.90 Å². The van der Waals surface area contributed by atoms with E-state index in [1.165, 1.54) is 0 Å². The maximum atomic E-state index is 9.91. The van der Waals surface area contributed by atoms with Crippen LogP contribution < -0.4 is 0 Å². The van der Waals surface area contributed by atoms with Gasteiger partial charge in [0.05, 0.1) is 4.05 Å². The van der Waals surface area contributed by atoms with Gasteiger partial charge in [0.15, 0.2) is 0 Å². The third-order valence-electron chi connectivity index (χ3n) is 1.89. The van der Waals surface area contributed by atoms with E-state index in [9.17, 15) is 5.11 Å². The summed E-state index contributed by atoms with van der Waals surface area (Å²) < 4.78 is 0.111. The van der Waals surface area contributed by atoms with Crippen molar-refractivity contribution < 1.29 is 5.11 Å². The van der Waals surface area contributed by atoms with Gasteiger partial charge in [-0.15, -0.1) is 0 Å². The first kappa shape index (κ1) is 10.9. The van der Waals surface area contributed by atoms with Crippen molar-refractivity contribution in [2.24, 2.45) is 0 Å². The van der Waals surface area contributed by atoms with Gasteiger partial charge in [0.25, 0.3) is 0 Å². The lowest BCUT2D eigenvalue weighted by Gasteiger charge is -2.23. The number of alkyl halides is 1. The Bertz CT molecular complexity index is 250. The molecule has 0 heterocycles. The van der Waals surface area contributed by atoms with Gasteiger partial charge >= 0.3 is 0 Å². The Morgan fingerprint density at radius 1 is 1.23 bits per heavy atom. The maximum absolute atomic E-state index is 9.91. The number of aliphatic hydroxyl groups is 1. The number of rotatable bonds is 3. The van der Waals surface area contributed by atoms with E-state index in [4.69, 9.17) is 0 Å². The van der Waals surface area contributed by atoms with Crippen molar-refractivity contribution in [1.29, 1.82) is 0 Å². The first-order valence-electron chi connectivity index (χ1n) is 4.16. The molecule has 0 radical (unpaired) electrons. The Kier molecular flexibility index (Phi) is 4.15. The van der Waals surface area contributed by atoms with Crippen LogP contribution in [0.4, 0.5) is 0 Å². The lowest BCUT2D eigenvalue weighted by molar-refractivity contribution is 0.129. The smallest absolute Gasteiger partial charge is 0.104 e. The molecule has 72 valence electrons. The molecule has 1 N–H and O–H groups in total. The quantitative estimate of drug-likeness (QED) is 0.523. The Morgan fingerprint density at radius 3 is 2.23 bits per heavy atom. The summed E-state index contributed by atoms with van der Waals surface area (Å²) >= 11 is 2.24. The minimum absolute atomic E-state index is 0.111.